The molecule has 1 aromatic rings. The van der Waals surface area contributed by atoms with Gasteiger partial charge in [0.25, 0.3) is 5.91 Å². The number of likely N-dealkylation sites (tertiary alicyclic amines) is 1. The number of hydrogen-bond acceptors (Lipinski definition) is 4. The Morgan fingerprint density at radius 2 is 2.45 bits per heavy atom. The van der Waals surface area contributed by atoms with Crippen molar-refractivity contribution in [2.24, 2.45) is 5.92 Å². The molecule has 2 aliphatic rings. The van der Waals surface area contributed by atoms with Crippen molar-refractivity contribution in [3.63, 3.8) is 0 Å². The van der Waals surface area contributed by atoms with Crippen molar-refractivity contribution in [3.05, 3.63) is 16.3 Å². The average Bonchev–Trinajstić information content (AvgIpc) is 3.02. The number of nitrogens with zero attached hydrogens (tertiary/aromatic N) is 1. The third-order valence-electron chi connectivity index (χ3n) is 4.12. The lowest BCUT2D eigenvalue weighted by molar-refractivity contribution is 0.00871. The third kappa shape index (κ3) is 2.56. The molecule has 2 fully saturated rings. The summed E-state index contributed by atoms with van der Waals surface area (Å²) in [6.07, 6.45) is 2.71. The maximum absolute atomic E-state index is 12.6. The van der Waals surface area contributed by atoms with E-state index in [0.717, 1.165) is 36.6 Å². The highest BCUT2D eigenvalue weighted by molar-refractivity contribution is 7.12. The lowest BCUT2D eigenvalue weighted by atomic mass is 9.93. The SMILES string of the molecule is CCOc1ccsc1C(=O)N1CC[C@H]2O[C@@H](C)C[C@H]2C1. The average molecular weight is 295 g/mol. The largest absolute Gasteiger partial charge is 0.492 e. The van der Waals surface area contributed by atoms with Gasteiger partial charge >= 0.3 is 0 Å². The quantitative estimate of drug-likeness (QED) is 0.860. The molecule has 0 bridgehead atoms. The number of carbonyl (C=O) groups excluding carboxylic acids is 1. The van der Waals surface area contributed by atoms with Gasteiger partial charge in [-0.3, -0.25) is 4.79 Å². The Balaban J connectivity index is 1.70. The van der Waals surface area contributed by atoms with Gasteiger partial charge in [-0.1, -0.05) is 0 Å². The van der Waals surface area contributed by atoms with Crippen LogP contribution in [0.2, 0.25) is 0 Å². The molecule has 0 aliphatic carbocycles. The van der Waals surface area contributed by atoms with Crippen LogP contribution in [0.1, 0.15) is 36.4 Å². The van der Waals surface area contributed by atoms with Gasteiger partial charge in [0.2, 0.25) is 0 Å². The molecule has 0 spiro atoms. The molecule has 3 rings (SSSR count). The van der Waals surface area contributed by atoms with E-state index in [1.807, 2.05) is 23.3 Å². The van der Waals surface area contributed by atoms with Crippen molar-refractivity contribution in [1.82, 2.24) is 4.90 Å². The van der Waals surface area contributed by atoms with E-state index in [2.05, 4.69) is 6.92 Å². The Hall–Kier alpha value is -1.07. The fourth-order valence-corrected chi connectivity index (χ4v) is 4.05. The molecule has 2 saturated heterocycles. The minimum Gasteiger partial charge on any atom is -0.492 e. The number of hydrogen-bond donors (Lipinski definition) is 0. The molecule has 0 aromatic carbocycles. The van der Waals surface area contributed by atoms with E-state index < -0.39 is 0 Å². The summed E-state index contributed by atoms with van der Waals surface area (Å²) in [6.45, 7) is 6.26. The van der Waals surface area contributed by atoms with Crippen LogP contribution in [-0.2, 0) is 4.74 Å². The summed E-state index contributed by atoms with van der Waals surface area (Å²) in [4.78, 5) is 15.3. The Morgan fingerprint density at radius 1 is 1.60 bits per heavy atom. The lowest BCUT2D eigenvalue weighted by Gasteiger charge is -2.34. The molecule has 3 heterocycles. The summed E-state index contributed by atoms with van der Waals surface area (Å²) >= 11 is 1.47. The van der Waals surface area contributed by atoms with Crippen LogP contribution < -0.4 is 4.74 Å². The molecule has 4 nitrogen and oxygen atoms in total. The molecule has 20 heavy (non-hydrogen) atoms. The van der Waals surface area contributed by atoms with E-state index in [1.54, 1.807) is 0 Å². The smallest absolute Gasteiger partial charge is 0.267 e. The van der Waals surface area contributed by atoms with Crippen molar-refractivity contribution in [3.8, 4) is 5.75 Å². The van der Waals surface area contributed by atoms with Crippen LogP contribution in [0.5, 0.6) is 5.75 Å². The van der Waals surface area contributed by atoms with Crippen LogP contribution in [-0.4, -0.2) is 42.7 Å². The molecular weight excluding hydrogens is 274 g/mol. The van der Waals surface area contributed by atoms with E-state index in [1.165, 1.54) is 11.3 Å². The van der Waals surface area contributed by atoms with Gasteiger partial charge < -0.3 is 14.4 Å². The fourth-order valence-electron chi connectivity index (χ4n) is 3.25. The zero-order valence-corrected chi connectivity index (χ0v) is 12.8. The molecular formula is C15H21NO3S. The summed E-state index contributed by atoms with van der Waals surface area (Å²) in [5.41, 5.74) is 0. The van der Waals surface area contributed by atoms with Gasteiger partial charge in [-0.25, -0.2) is 0 Å². The molecule has 1 aromatic heterocycles. The second-order valence-corrected chi connectivity index (χ2v) is 6.48. The van der Waals surface area contributed by atoms with Crippen LogP contribution >= 0.6 is 11.3 Å². The zero-order chi connectivity index (χ0) is 14.1. The van der Waals surface area contributed by atoms with Crippen molar-refractivity contribution < 1.29 is 14.3 Å². The van der Waals surface area contributed by atoms with E-state index in [4.69, 9.17) is 9.47 Å². The predicted molar refractivity (Wildman–Crippen MR) is 78.5 cm³/mol. The highest BCUT2D eigenvalue weighted by atomic mass is 32.1. The number of thiophene rings is 1. The summed E-state index contributed by atoms with van der Waals surface area (Å²) in [7, 11) is 0. The van der Waals surface area contributed by atoms with Gasteiger partial charge in [-0.05, 0) is 38.1 Å². The molecule has 0 unspecified atom stereocenters. The second kappa shape index (κ2) is 5.74. The van der Waals surface area contributed by atoms with Gasteiger partial charge in [0.05, 0.1) is 18.8 Å². The highest BCUT2D eigenvalue weighted by Crippen LogP contribution is 2.34. The van der Waals surface area contributed by atoms with E-state index in [0.29, 0.717) is 24.7 Å². The Labute approximate surface area is 123 Å². The van der Waals surface area contributed by atoms with Gasteiger partial charge in [-0.15, -0.1) is 11.3 Å². The van der Waals surface area contributed by atoms with Crippen LogP contribution in [0.4, 0.5) is 0 Å². The highest BCUT2D eigenvalue weighted by Gasteiger charge is 2.39. The van der Waals surface area contributed by atoms with Crippen molar-refractivity contribution >= 4 is 17.2 Å². The van der Waals surface area contributed by atoms with E-state index in [9.17, 15) is 4.79 Å². The standard InChI is InChI=1S/C15H21NO3S/c1-3-18-13-5-7-20-14(13)15(17)16-6-4-12-11(9-16)8-10(2)19-12/h5,7,10-12H,3-4,6,8-9H2,1-2H3/t10-,11-,12+/m0/s1. The van der Waals surface area contributed by atoms with Crippen LogP contribution in [0.3, 0.4) is 0 Å². The number of ether oxygens (including phenoxy) is 2. The molecule has 2 aliphatic heterocycles. The maximum atomic E-state index is 12.6. The van der Waals surface area contributed by atoms with Gasteiger partial charge in [0.1, 0.15) is 10.6 Å². The zero-order valence-electron chi connectivity index (χ0n) is 12.0. The number of amides is 1. The summed E-state index contributed by atoms with van der Waals surface area (Å²) < 4.78 is 11.4. The predicted octanol–water partition coefficient (Wildman–Crippen LogP) is 2.79. The third-order valence-corrected chi connectivity index (χ3v) is 5.00. The molecule has 5 heteroatoms. The van der Waals surface area contributed by atoms with Gasteiger partial charge in [0.15, 0.2) is 0 Å². The molecule has 3 atom stereocenters. The van der Waals surface area contributed by atoms with Crippen LogP contribution in [0.25, 0.3) is 0 Å². The minimum atomic E-state index is 0.112. The van der Waals surface area contributed by atoms with E-state index >= 15 is 0 Å². The molecule has 0 saturated carbocycles. The summed E-state index contributed by atoms with van der Waals surface area (Å²) in [5.74, 6) is 1.33. The molecule has 110 valence electrons. The van der Waals surface area contributed by atoms with Crippen molar-refractivity contribution in [1.29, 1.82) is 0 Å². The Kier molecular flexibility index (Phi) is 3.98. The molecule has 1 amide bonds. The van der Waals surface area contributed by atoms with Crippen molar-refractivity contribution in [2.45, 2.75) is 38.9 Å². The first kappa shape index (κ1) is 13.9. The fraction of sp³-hybridized carbons (Fsp3) is 0.667. The van der Waals surface area contributed by atoms with Crippen LogP contribution in [0, 0.1) is 5.92 Å². The van der Waals surface area contributed by atoms with Crippen LogP contribution in [0.15, 0.2) is 11.4 Å². The lowest BCUT2D eigenvalue weighted by Crippen LogP contribution is -2.44. The number of fused-ring (bicyclic) bond motifs is 1. The topological polar surface area (TPSA) is 38.8 Å². The maximum Gasteiger partial charge on any atom is 0.267 e. The van der Waals surface area contributed by atoms with Gasteiger partial charge in [0, 0.05) is 19.0 Å². The van der Waals surface area contributed by atoms with Crippen molar-refractivity contribution in [2.75, 3.05) is 19.7 Å². The number of carbonyl (C=O) groups is 1. The van der Waals surface area contributed by atoms with Gasteiger partial charge in [-0.2, -0.15) is 0 Å². The minimum absolute atomic E-state index is 0.112. The Morgan fingerprint density at radius 3 is 3.25 bits per heavy atom. The Bertz CT molecular complexity index is 487. The summed E-state index contributed by atoms with van der Waals surface area (Å²) in [6, 6.07) is 1.88. The normalized spacial score (nSPS) is 29.3. The van der Waals surface area contributed by atoms with E-state index in [-0.39, 0.29) is 5.91 Å². The first-order valence-corrected chi connectivity index (χ1v) is 8.22. The summed E-state index contributed by atoms with van der Waals surface area (Å²) in [5, 5.41) is 1.92. The molecule has 0 N–H and O–H groups in total. The monoisotopic (exact) mass is 295 g/mol. The second-order valence-electron chi connectivity index (χ2n) is 5.57. The number of rotatable bonds is 3. The molecule has 0 radical (unpaired) electrons. The first-order chi connectivity index (χ1) is 9.69. The number of piperidine rings is 1. The first-order valence-electron chi connectivity index (χ1n) is 7.34.